The van der Waals surface area contributed by atoms with Gasteiger partial charge in [-0.2, -0.15) is 0 Å². The van der Waals surface area contributed by atoms with Crippen LogP contribution < -0.4 is 10.6 Å². The number of fused-ring (bicyclic) bond motifs is 1. The minimum Gasteiger partial charge on any atom is -0.339 e. The van der Waals surface area contributed by atoms with Crippen LogP contribution in [0.25, 0.3) is 22.4 Å². The van der Waals surface area contributed by atoms with Gasteiger partial charge in [-0.1, -0.05) is 23.8 Å². The van der Waals surface area contributed by atoms with Crippen molar-refractivity contribution in [2.24, 2.45) is 0 Å². The van der Waals surface area contributed by atoms with E-state index in [1.54, 1.807) is 12.5 Å². The van der Waals surface area contributed by atoms with E-state index >= 15 is 0 Å². The van der Waals surface area contributed by atoms with Crippen LogP contribution in [-0.4, -0.2) is 30.8 Å². The Hall–Kier alpha value is -4.59. The average molecular weight is 435 g/mol. The SMILES string of the molecule is Cc1ccc(C(=O)Nc2ccc(C)c(Nc3ncccc3-c3ncnc4[nH]cnc34)c2)cc1. The first-order chi connectivity index (χ1) is 16.1. The molecule has 0 aliphatic heterocycles. The molecule has 3 N–H and O–H groups in total. The molecule has 0 bridgehead atoms. The van der Waals surface area contributed by atoms with Crippen molar-refractivity contribution in [2.45, 2.75) is 13.8 Å². The van der Waals surface area contributed by atoms with Crippen molar-refractivity contribution in [3.63, 3.8) is 0 Å². The van der Waals surface area contributed by atoms with Crippen LogP contribution >= 0.6 is 0 Å². The molecule has 3 heterocycles. The quantitative estimate of drug-likeness (QED) is 0.357. The second-order valence-electron chi connectivity index (χ2n) is 7.70. The van der Waals surface area contributed by atoms with Crippen molar-refractivity contribution in [2.75, 3.05) is 10.6 Å². The smallest absolute Gasteiger partial charge is 0.255 e. The maximum atomic E-state index is 12.7. The molecule has 0 saturated heterocycles. The maximum Gasteiger partial charge on any atom is 0.255 e. The second kappa shape index (κ2) is 8.51. The van der Waals surface area contributed by atoms with E-state index in [0.29, 0.717) is 33.9 Å². The van der Waals surface area contributed by atoms with Crippen LogP contribution in [0.2, 0.25) is 0 Å². The van der Waals surface area contributed by atoms with Gasteiger partial charge in [-0.15, -0.1) is 0 Å². The first kappa shape index (κ1) is 20.3. The number of aryl methyl sites for hydroxylation is 2. The number of nitrogens with zero attached hydrogens (tertiary/aromatic N) is 4. The first-order valence-electron chi connectivity index (χ1n) is 10.4. The summed E-state index contributed by atoms with van der Waals surface area (Å²) in [5.41, 5.74) is 7.03. The predicted octanol–water partition coefficient (Wildman–Crippen LogP) is 5.03. The highest BCUT2D eigenvalue weighted by molar-refractivity contribution is 6.04. The van der Waals surface area contributed by atoms with Crippen molar-refractivity contribution in [1.82, 2.24) is 24.9 Å². The third-order valence-corrected chi connectivity index (χ3v) is 5.34. The Morgan fingerprint density at radius 2 is 1.79 bits per heavy atom. The second-order valence-corrected chi connectivity index (χ2v) is 7.70. The fourth-order valence-corrected chi connectivity index (χ4v) is 3.53. The van der Waals surface area contributed by atoms with Crippen LogP contribution in [0.4, 0.5) is 17.2 Å². The topological polar surface area (TPSA) is 108 Å². The van der Waals surface area contributed by atoms with Gasteiger partial charge in [-0.05, 0) is 55.8 Å². The molecule has 8 heteroatoms. The zero-order valence-electron chi connectivity index (χ0n) is 18.1. The Morgan fingerprint density at radius 3 is 2.64 bits per heavy atom. The molecule has 1 amide bonds. The van der Waals surface area contributed by atoms with Gasteiger partial charge >= 0.3 is 0 Å². The third-order valence-electron chi connectivity index (χ3n) is 5.34. The lowest BCUT2D eigenvalue weighted by Gasteiger charge is -2.14. The Bertz CT molecular complexity index is 1460. The standard InChI is InChI=1S/C25H21N7O/c1-15-5-8-17(9-6-15)25(33)31-18-10-7-16(2)20(12-18)32-23-19(4-3-11-26-23)21-22-24(29-13-27-21)30-14-28-22/h3-14H,1-2H3,(H,26,32)(H,31,33)(H,27,28,29,30). The summed E-state index contributed by atoms with van der Waals surface area (Å²) in [5, 5.41) is 6.36. The molecule has 0 atom stereocenters. The molecule has 2 aromatic carbocycles. The lowest BCUT2D eigenvalue weighted by Crippen LogP contribution is -2.12. The third kappa shape index (κ3) is 4.14. The van der Waals surface area contributed by atoms with Crippen LogP contribution in [0.1, 0.15) is 21.5 Å². The van der Waals surface area contributed by atoms with Gasteiger partial charge in [0, 0.05) is 28.7 Å². The van der Waals surface area contributed by atoms with Crippen molar-refractivity contribution in [1.29, 1.82) is 0 Å². The van der Waals surface area contributed by atoms with Gasteiger partial charge in [0.2, 0.25) is 0 Å². The Morgan fingerprint density at radius 1 is 0.939 bits per heavy atom. The molecular weight excluding hydrogens is 414 g/mol. The summed E-state index contributed by atoms with van der Waals surface area (Å²) in [6, 6.07) is 17.0. The van der Waals surface area contributed by atoms with Gasteiger partial charge in [0.15, 0.2) is 5.65 Å². The van der Waals surface area contributed by atoms with E-state index in [-0.39, 0.29) is 5.91 Å². The molecule has 0 unspecified atom stereocenters. The van der Waals surface area contributed by atoms with Gasteiger partial charge in [-0.3, -0.25) is 4.79 Å². The van der Waals surface area contributed by atoms with E-state index in [2.05, 4.69) is 35.6 Å². The number of hydrogen-bond donors (Lipinski definition) is 3. The van der Waals surface area contributed by atoms with Crippen LogP contribution in [0.3, 0.4) is 0 Å². The summed E-state index contributed by atoms with van der Waals surface area (Å²) in [6.45, 7) is 3.98. The number of H-pyrrole nitrogens is 1. The van der Waals surface area contributed by atoms with Crippen LogP contribution in [0.5, 0.6) is 0 Å². The van der Waals surface area contributed by atoms with Gasteiger partial charge in [0.1, 0.15) is 23.4 Å². The van der Waals surface area contributed by atoms with Crippen molar-refractivity contribution >= 4 is 34.3 Å². The first-order valence-corrected chi connectivity index (χ1v) is 10.4. The molecule has 162 valence electrons. The molecule has 3 aromatic heterocycles. The van der Waals surface area contributed by atoms with E-state index in [4.69, 9.17) is 0 Å². The van der Waals surface area contributed by atoms with Gasteiger partial charge in [0.25, 0.3) is 5.91 Å². The van der Waals surface area contributed by atoms with Crippen LogP contribution in [0, 0.1) is 13.8 Å². The molecule has 5 aromatic rings. The number of hydrogen-bond acceptors (Lipinski definition) is 6. The number of aromatic amines is 1. The Labute approximate surface area is 190 Å². The zero-order valence-corrected chi connectivity index (χ0v) is 18.1. The molecule has 33 heavy (non-hydrogen) atoms. The van der Waals surface area contributed by atoms with E-state index in [9.17, 15) is 4.79 Å². The number of carbonyl (C=O) groups is 1. The summed E-state index contributed by atoms with van der Waals surface area (Å²) < 4.78 is 0. The highest BCUT2D eigenvalue weighted by Gasteiger charge is 2.15. The number of carbonyl (C=O) groups excluding carboxylic acids is 1. The average Bonchev–Trinajstić information content (AvgIpc) is 3.31. The van der Waals surface area contributed by atoms with E-state index in [0.717, 1.165) is 22.4 Å². The number of anilines is 3. The summed E-state index contributed by atoms with van der Waals surface area (Å²) in [7, 11) is 0. The molecule has 0 spiro atoms. The fraction of sp³-hybridized carbons (Fsp3) is 0.0800. The molecule has 0 aliphatic carbocycles. The number of imidazole rings is 1. The minimum absolute atomic E-state index is 0.162. The number of rotatable bonds is 5. The molecule has 0 saturated carbocycles. The number of amides is 1. The van der Waals surface area contributed by atoms with Crippen molar-refractivity contribution in [3.05, 3.63) is 90.1 Å². The summed E-state index contributed by atoms with van der Waals surface area (Å²) in [6.07, 6.45) is 4.81. The fourth-order valence-electron chi connectivity index (χ4n) is 3.53. The Kier molecular flexibility index (Phi) is 5.24. The molecule has 5 rings (SSSR count). The molecule has 0 fully saturated rings. The minimum atomic E-state index is -0.162. The number of pyridine rings is 1. The van der Waals surface area contributed by atoms with E-state index in [1.165, 1.54) is 6.33 Å². The largest absolute Gasteiger partial charge is 0.339 e. The predicted molar refractivity (Wildman–Crippen MR) is 129 cm³/mol. The maximum absolute atomic E-state index is 12.7. The van der Waals surface area contributed by atoms with Crippen molar-refractivity contribution < 1.29 is 4.79 Å². The van der Waals surface area contributed by atoms with Gasteiger partial charge in [0.05, 0.1) is 6.33 Å². The monoisotopic (exact) mass is 435 g/mol. The normalized spacial score (nSPS) is 10.8. The van der Waals surface area contributed by atoms with Gasteiger partial charge < -0.3 is 15.6 Å². The van der Waals surface area contributed by atoms with Crippen LogP contribution in [0.15, 0.2) is 73.4 Å². The van der Waals surface area contributed by atoms with E-state index in [1.807, 2.05) is 68.4 Å². The zero-order chi connectivity index (χ0) is 22.8. The molecule has 8 nitrogen and oxygen atoms in total. The lowest BCUT2D eigenvalue weighted by atomic mass is 10.1. The number of benzene rings is 2. The summed E-state index contributed by atoms with van der Waals surface area (Å²) >= 11 is 0. The number of aromatic nitrogens is 5. The highest BCUT2D eigenvalue weighted by Crippen LogP contribution is 2.32. The molecule has 0 aliphatic rings. The molecule has 0 radical (unpaired) electrons. The van der Waals surface area contributed by atoms with E-state index < -0.39 is 0 Å². The summed E-state index contributed by atoms with van der Waals surface area (Å²) in [5.74, 6) is 0.468. The number of nitrogens with one attached hydrogen (secondary N) is 3. The van der Waals surface area contributed by atoms with Crippen molar-refractivity contribution in [3.8, 4) is 11.3 Å². The van der Waals surface area contributed by atoms with Gasteiger partial charge in [-0.25, -0.2) is 19.9 Å². The summed E-state index contributed by atoms with van der Waals surface area (Å²) in [4.78, 5) is 33.2. The lowest BCUT2D eigenvalue weighted by molar-refractivity contribution is 0.102. The highest BCUT2D eigenvalue weighted by atomic mass is 16.1. The molecular formula is C25H21N7O. The van der Waals surface area contributed by atoms with Crippen LogP contribution in [-0.2, 0) is 0 Å². The Balaban J connectivity index is 1.45.